The highest BCUT2D eigenvalue weighted by Gasteiger charge is 2.30. The molecule has 1 fully saturated rings. The quantitative estimate of drug-likeness (QED) is 0.652. The van der Waals surface area contributed by atoms with Gasteiger partial charge in [-0.2, -0.15) is 0 Å². The van der Waals surface area contributed by atoms with Gasteiger partial charge >= 0.3 is 5.97 Å². The summed E-state index contributed by atoms with van der Waals surface area (Å²) in [5.41, 5.74) is 1.43. The molecule has 3 aromatic rings. The maximum atomic E-state index is 13.7. The maximum absolute atomic E-state index is 13.7. The van der Waals surface area contributed by atoms with Gasteiger partial charge in [0.2, 0.25) is 0 Å². The van der Waals surface area contributed by atoms with Gasteiger partial charge in [-0.25, -0.2) is 18.6 Å². The number of hydrogen-bond acceptors (Lipinski definition) is 6. The number of pyridine rings is 1. The molecule has 1 aliphatic carbocycles. The molecule has 29 heavy (non-hydrogen) atoms. The minimum atomic E-state index is -1.22. The van der Waals surface area contributed by atoms with Crippen LogP contribution in [0.3, 0.4) is 0 Å². The number of benzene rings is 1. The molecule has 0 saturated heterocycles. The summed E-state index contributed by atoms with van der Waals surface area (Å²) in [7, 11) is 0. The number of aromatic nitrogens is 2. The first kappa shape index (κ1) is 19.0. The fourth-order valence-corrected chi connectivity index (χ4v) is 2.97. The first-order valence-corrected chi connectivity index (χ1v) is 9.07. The molecule has 0 unspecified atom stereocenters. The zero-order valence-corrected chi connectivity index (χ0v) is 15.7. The minimum absolute atomic E-state index is 0.211. The lowest BCUT2D eigenvalue weighted by molar-refractivity contribution is -0.123. The van der Waals surface area contributed by atoms with Crippen LogP contribution in [-0.4, -0.2) is 28.1 Å². The Labute approximate surface area is 164 Å². The Bertz CT molecular complexity index is 1120. The SMILES string of the molecule is Cc1noc2nc(C3CC3)cc(C(=O)O[C@H](C)C(=O)Nc3ccc(F)cc3F)c12. The average Bonchev–Trinajstić information content (AvgIpc) is 3.46. The molecule has 4 rings (SSSR count). The van der Waals surface area contributed by atoms with Crippen LogP contribution in [0.25, 0.3) is 11.1 Å². The average molecular weight is 401 g/mol. The van der Waals surface area contributed by atoms with Crippen LogP contribution in [0.15, 0.2) is 28.8 Å². The predicted molar refractivity (Wildman–Crippen MR) is 98.4 cm³/mol. The van der Waals surface area contributed by atoms with E-state index in [0.717, 1.165) is 25.0 Å². The first-order chi connectivity index (χ1) is 13.8. The van der Waals surface area contributed by atoms with Gasteiger partial charge in [-0.1, -0.05) is 5.16 Å². The molecule has 1 N–H and O–H groups in total. The highest BCUT2D eigenvalue weighted by Crippen LogP contribution is 2.40. The second-order valence-corrected chi connectivity index (χ2v) is 6.98. The second-order valence-electron chi connectivity index (χ2n) is 6.98. The third kappa shape index (κ3) is 3.80. The lowest BCUT2D eigenvalue weighted by Crippen LogP contribution is -2.30. The summed E-state index contributed by atoms with van der Waals surface area (Å²) < 4.78 is 37.2. The summed E-state index contributed by atoms with van der Waals surface area (Å²) >= 11 is 0. The highest BCUT2D eigenvalue weighted by atomic mass is 19.1. The zero-order chi connectivity index (χ0) is 20.7. The van der Waals surface area contributed by atoms with Gasteiger partial charge in [0.25, 0.3) is 11.6 Å². The molecule has 1 atom stereocenters. The monoisotopic (exact) mass is 401 g/mol. The number of esters is 1. The number of fused-ring (bicyclic) bond motifs is 1. The topological polar surface area (TPSA) is 94.3 Å². The molecule has 1 aliphatic rings. The first-order valence-electron chi connectivity index (χ1n) is 9.07. The van der Waals surface area contributed by atoms with Crippen molar-refractivity contribution in [2.24, 2.45) is 0 Å². The lowest BCUT2D eigenvalue weighted by atomic mass is 10.1. The van der Waals surface area contributed by atoms with Crippen molar-refractivity contribution in [1.29, 1.82) is 0 Å². The summed E-state index contributed by atoms with van der Waals surface area (Å²) in [6.45, 7) is 3.03. The summed E-state index contributed by atoms with van der Waals surface area (Å²) in [4.78, 5) is 29.4. The van der Waals surface area contributed by atoms with E-state index in [2.05, 4.69) is 15.5 Å². The van der Waals surface area contributed by atoms with Crippen LogP contribution in [0.5, 0.6) is 0 Å². The molecule has 0 bridgehead atoms. The van der Waals surface area contributed by atoms with Crippen LogP contribution in [0.4, 0.5) is 14.5 Å². The molecule has 0 radical (unpaired) electrons. The van der Waals surface area contributed by atoms with Gasteiger partial charge in [0, 0.05) is 17.7 Å². The van der Waals surface area contributed by atoms with Crippen molar-refractivity contribution >= 4 is 28.7 Å². The number of ether oxygens (including phenoxy) is 1. The fraction of sp³-hybridized carbons (Fsp3) is 0.300. The van der Waals surface area contributed by atoms with Crippen LogP contribution in [0.2, 0.25) is 0 Å². The van der Waals surface area contributed by atoms with Crippen molar-refractivity contribution in [3.05, 3.63) is 52.9 Å². The minimum Gasteiger partial charge on any atom is -0.449 e. The summed E-state index contributed by atoms with van der Waals surface area (Å²) in [5.74, 6) is -2.93. The Kier molecular flexibility index (Phi) is 4.73. The Hall–Kier alpha value is -3.36. The molecule has 150 valence electrons. The molecule has 0 spiro atoms. The summed E-state index contributed by atoms with van der Waals surface area (Å²) in [6, 6.07) is 4.38. The number of anilines is 1. The standard InChI is InChI=1S/C20H17F2N3O4/c1-9-17-13(8-16(11-3-4-11)24-19(17)29-25-9)20(27)28-10(2)18(26)23-15-6-5-12(21)7-14(15)22/h5-8,10-11H,3-4H2,1-2H3,(H,23,26)/t10-/m1/s1. The Morgan fingerprint density at radius 2 is 2.03 bits per heavy atom. The molecule has 1 amide bonds. The van der Waals surface area contributed by atoms with Crippen molar-refractivity contribution in [2.75, 3.05) is 5.32 Å². The van der Waals surface area contributed by atoms with Gasteiger partial charge < -0.3 is 14.6 Å². The smallest absolute Gasteiger partial charge is 0.339 e. The lowest BCUT2D eigenvalue weighted by Gasteiger charge is -2.14. The number of aryl methyl sites for hydroxylation is 1. The van der Waals surface area contributed by atoms with Crippen LogP contribution >= 0.6 is 0 Å². The number of rotatable bonds is 5. The van der Waals surface area contributed by atoms with Crippen molar-refractivity contribution < 1.29 is 27.6 Å². The number of halogens is 2. The van der Waals surface area contributed by atoms with Crippen molar-refractivity contribution in [2.45, 2.75) is 38.7 Å². The van der Waals surface area contributed by atoms with E-state index < -0.39 is 29.6 Å². The molecule has 1 saturated carbocycles. The van der Waals surface area contributed by atoms with Crippen LogP contribution in [-0.2, 0) is 9.53 Å². The Balaban J connectivity index is 1.54. The van der Waals surface area contributed by atoms with Crippen LogP contribution < -0.4 is 5.32 Å². The molecular weight excluding hydrogens is 384 g/mol. The molecule has 7 nitrogen and oxygen atoms in total. The van der Waals surface area contributed by atoms with E-state index in [1.165, 1.54) is 6.92 Å². The van der Waals surface area contributed by atoms with Gasteiger partial charge in [0.1, 0.15) is 11.6 Å². The number of carbonyl (C=O) groups is 2. The number of carbonyl (C=O) groups excluding carboxylic acids is 2. The normalized spacial score (nSPS) is 14.6. The Morgan fingerprint density at radius 3 is 2.72 bits per heavy atom. The van der Waals surface area contributed by atoms with Crippen LogP contribution in [0.1, 0.15) is 47.4 Å². The van der Waals surface area contributed by atoms with E-state index in [0.29, 0.717) is 22.8 Å². The predicted octanol–water partition coefficient (Wildman–Crippen LogP) is 3.87. The number of hydrogen-bond donors (Lipinski definition) is 1. The molecular formula is C20H17F2N3O4. The molecule has 9 heteroatoms. The van der Waals surface area contributed by atoms with Gasteiger partial charge in [-0.15, -0.1) is 0 Å². The van der Waals surface area contributed by atoms with Crippen molar-refractivity contribution in [1.82, 2.24) is 10.1 Å². The number of nitrogens with zero attached hydrogens (tertiary/aromatic N) is 2. The van der Waals surface area contributed by atoms with E-state index in [9.17, 15) is 18.4 Å². The third-order valence-corrected chi connectivity index (χ3v) is 4.69. The van der Waals surface area contributed by atoms with E-state index in [1.807, 2.05) is 0 Å². The largest absolute Gasteiger partial charge is 0.449 e. The van der Waals surface area contributed by atoms with Gasteiger partial charge in [0.15, 0.2) is 6.10 Å². The number of nitrogens with one attached hydrogen (secondary N) is 1. The molecule has 1 aromatic carbocycles. The summed E-state index contributed by atoms with van der Waals surface area (Å²) in [5, 5.41) is 6.55. The Morgan fingerprint density at radius 1 is 1.28 bits per heavy atom. The third-order valence-electron chi connectivity index (χ3n) is 4.69. The second kappa shape index (κ2) is 7.23. The fourth-order valence-electron chi connectivity index (χ4n) is 2.97. The van der Waals surface area contributed by atoms with E-state index >= 15 is 0 Å². The van der Waals surface area contributed by atoms with Crippen molar-refractivity contribution in [3.8, 4) is 0 Å². The molecule has 2 aromatic heterocycles. The van der Waals surface area contributed by atoms with Crippen molar-refractivity contribution in [3.63, 3.8) is 0 Å². The van der Waals surface area contributed by atoms with Gasteiger partial charge in [-0.05, 0) is 44.9 Å². The van der Waals surface area contributed by atoms with Crippen LogP contribution in [0, 0.1) is 18.6 Å². The zero-order valence-electron chi connectivity index (χ0n) is 15.7. The number of amides is 1. The van der Waals surface area contributed by atoms with Gasteiger partial charge in [0.05, 0.1) is 22.3 Å². The summed E-state index contributed by atoms with van der Waals surface area (Å²) in [6.07, 6.45) is 0.726. The van der Waals surface area contributed by atoms with E-state index in [-0.39, 0.29) is 22.9 Å². The molecule has 0 aliphatic heterocycles. The highest BCUT2D eigenvalue weighted by molar-refractivity contribution is 6.04. The maximum Gasteiger partial charge on any atom is 0.339 e. The van der Waals surface area contributed by atoms with E-state index in [1.54, 1.807) is 13.0 Å². The van der Waals surface area contributed by atoms with E-state index in [4.69, 9.17) is 9.26 Å². The molecule has 2 heterocycles. The van der Waals surface area contributed by atoms with Gasteiger partial charge in [-0.3, -0.25) is 4.79 Å².